The zero-order valence-electron chi connectivity index (χ0n) is 16.0. The maximum Gasteiger partial charge on any atom is 0.433 e. The second-order valence-electron chi connectivity index (χ2n) is 7.29. The largest absolute Gasteiger partial charge is 0.433 e. The van der Waals surface area contributed by atoms with Crippen molar-refractivity contribution in [3.05, 3.63) is 93.7 Å². The molecule has 2 aliphatic heterocycles. The lowest BCUT2D eigenvalue weighted by atomic mass is 9.73. The maximum atomic E-state index is 13.9. The van der Waals surface area contributed by atoms with Crippen LogP contribution in [-0.2, 0) is 0 Å². The monoisotopic (exact) mass is 419 g/mol. The number of carbonyl (C=O) groups excluding carboxylic acids is 1. The first kappa shape index (κ1) is 18.6. The van der Waals surface area contributed by atoms with Gasteiger partial charge in [0.15, 0.2) is 11.5 Å². The van der Waals surface area contributed by atoms with Gasteiger partial charge in [0.25, 0.3) is 0 Å². The minimum Gasteiger partial charge on any atom is -0.399 e. The number of hydrazone groups is 1. The number of hydrogen-bond acceptors (Lipinski definition) is 7. The van der Waals surface area contributed by atoms with Crippen molar-refractivity contribution in [3.63, 3.8) is 0 Å². The molecule has 1 unspecified atom stereocenters. The molecule has 0 saturated carbocycles. The molecular formula is C22H17N3O4S. The molecule has 1 aromatic heterocycles. The summed E-state index contributed by atoms with van der Waals surface area (Å²) in [6.45, 7) is 0. The first-order valence-electron chi connectivity index (χ1n) is 9.41. The Balaban J connectivity index is 1.68. The van der Waals surface area contributed by atoms with Gasteiger partial charge >= 0.3 is 5.88 Å². The first-order chi connectivity index (χ1) is 14.5. The molecule has 0 aliphatic carbocycles. The van der Waals surface area contributed by atoms with Crippen molar-refractivity contribution in [1.29, 1.82) is 0 Å². The molecule has 1 spiro atoms. The molecule has 3 aromatic rings. The second-order valence-corrected chi connectivity index (χ2v) is 8.30. The summed E-state index contributed by atoms with van der Waals surface area (Å²) in [7, 11) is 1.78. The van der Waals surface area contributed by atoms with E-state index in [9.17, 15) is 14.9 Å². The highest BCUT2D eigenvalue weighted by atomic mass is 32.2. The number of fused-ring (bicyclic) bond motifs is 1. The summed E-state index contributed by atoms with van der Waals surface area (Å²) >= 11 is 1.62. The van der Waals surface area contributed by atoms with Crippen LogP contribution in [0.25, 0.3) is 0 Å². The van der Waals surface area contributed by atoms with E-state index in [0.29, 0.717) is 22.8 Å². The molecule has 0 radical (unpaired) electrons. The standard InChI is InChI=1S/C22H17N3O4S/c1-24-22(13-30-17-10-6-5-9-15(17)21(22)26)19(14-7-3-2-4-8-14)20(23-24)16-11-12-18(29-16)25(27)28/h2-12,19H,13H2,1H3/t19-,22?/m1/s1. The Morgan fingerprint density at radius 2 is 1.87 bits per heavy atom. The smallest absolute Gasteiger partial charge is 0.399 e. The molecular weight excluding hydrogens is 402 g/mol. The predicted molar refractivity (Wildman–Crippen MR) is 113 cm³/mol. The van der Waals surface area contributed by atoms with E-state index >= 15 is 0 Å². The molecule has 0 amide bonds. The molecule has 0 fully saturated rings. The van der Waals surface area contributed by atoms with Gasteiger partial charge in [-0.1, -0.05) is 48.5 Å². The van der Waals surface area contributed by atoms with Crippen LogP contribution in [0.3, 0.4) is 0 Å². The van der Waals surface area contributed by atoms with Crippen LogP contribution in [0.5, 0.6) is 0 Å². The van der Waals surface area contributed by atoms with E-state index < -0.39 is 16.4 Å². The summed E-state index contributed by atoms with van der Waals surface area (Å²) in [6, 6.07) is 20.1. The molecule has 150 valence electrons. The molecule has 0 bridgehead atoms. The van der Waals surface area contributed by atoms with Crippen molar-refractivity contribution in [1.82, 2.24) is 5.01 Å². The van der Waals surface area contributed by atoms with E-state index in [2.05, 4.69) is 5.10 Å². The van der Waals surface area contributed by atoms with E-state index in [1.807, 2.05) is 54.6 Å². The quantitative estimate of drug-likeness (QED) is 0.463. The van der Waals surface area contributed by atoms with Crippen LogP contribution < -0.4 is 0 Å². The highest BCUT2D eigenvalue weighted by Crippen LogP contribution is 2.50. The number of likely N-dealkylation sites (N-methyl/N-ethyl adjacent to an activating group) is 1. The molecule has 5 rings (SSSR count). The number of nitrogens with zero attached hydrogens (tertiary/aromatic N) is 3. The fourth-order valence-corrected chi connectivity index (χ4v) is 5.63. The molecule has 0 saturated heterocycles. The lowest BCUT2D eigenvalue weighted by Crippen LogP contribution is -2.56. The Morgan fingerprint density at radius 1 is 1.13 bits per heavy atom. The number of Topliss-reactive ketones (excluding diaryl/α,β-unsaturated/α-hetero) is 1. The number of benzene rings is 2. The minimum atomic E-state index is -0.947. The Kier molecular flexibility index (Phi) is 4.25. The lowest BCUT2D eigenvalue weighted by Gasteiger charge is -2.41. The van der Waals surface area contributed by atoms with Crippen LogP contribution in [0.1, 0.15) is 27.6 Å². The lowest BCUT2D eigenvalue weighted by molar-refractivity contribution is -0.402. The van der Waals surface area contributed by atoms with Crippen LogP contribution in [-0.4, -0.2) is 39.8 Å². The molecule has 3 heterocycles. The van der Waals surface area contributed by atoms with Gasteiger partial charge in [0.05, 0.1) is 12.0 Å². The SMILES string of the molecule is CN1N=C(c2ccc([N+](=O)[O-])o2)[C@@H](c2ccccc2)C12CSc1ccccc1C2=O. The van der Waals surface area contributed by atoms with Crippen molar-refractivity contribution in [2.75, 3.05) is 12.8 Å². The number of carbonyl (C=O) groups is 1. The summed E-state index contributed by atoms with van der Waals surface area (Å²) in [5.41, 5.74) is 1.15. The number of hydrogen-bond donors (Lipinski definition) is 0. The third-order valence-corrected chi connectivity index (χ3v) is 6.97. The van der Waals surface area contributed by atoms with Crippen molar-refractivity contribution < 1.29 is 14.1 Å². The third-order valence-electron chi connectivity index (χ3n) is 5.72. The maximum absolute atomic E-state index is 13.9. The van der Waals surface area contributed by atoms with Gasteiger partial charge in [-0.05, 0) is 17.7 Å². The van der Waals surface area contributed by atoms with Gasteiger partial charge in [0, 0.05) is 23.3 Å². The van der Waals surface area contributed by atoms with Crippen LogP contribution >= 0.6 is 11.8 Å². The van der Waals surface area contributed by atoms with Gasteiger partial charge < -0.3 is 4.42 Å². The Morgan fingerprint density at radius 3 is 2.60 bits per heavy atom. The molecule has 30 heavy (non-hydrogen) atoms. The first-order valence-corrected chi connectivity index (χ1v) is 10.4. The molecule has 2 atom stereocenters. The fraction of sp³-hybridized carbons (Fsp3) is 0.182. The Hall–Kier alpha value is -3.39. The molecule has 8 heteroatoms. The Bertz CT molecular complexity index is 1190. The number of thioether (sulfide) groups is 1. The summed E-state index contributed by atoms with van der Waals surface area (Å²) in [5.74, 6) is 0.0268. The summed E-state index contributed by atoms with van der Waals surface area (Å²) in [5, 5.41) is 17.5. The van der Waals surface area contributed by atoms with Crippen LogP contribution in [0.2, 0.25) is 0 Å². The number of rotatable bonds is 3. The number of ketones is 1. The van der Waals surface area contributed by atoms with Gasteiger partial charge in [-0.3, -0.25) is 19.9 Å². The molecule has 7 nitrogen and oxygen atoms in total. The third kappa shape index (κ3) is 2.60. The van der Waals surface area contributed by atoms with E-state index in [-0.39, 0.29) is 11.7 Å². The topological polar surface area (TPSA) is 88.9 Å². The minimum absolute atomic E-state index is 0.00647. The fourth-order valence-electron chi connectivity index (χ4n) is 4.28. The number of nitro groups is 1. The van der Waals surface area contributed by atoms with E-state index in [1.54, 1.807) is 29.9 Å². The molecule has 2 aliphatic rings. The van der Waals surface area contributed by atoms with Gasteiger partial charge in [-0.25, -0.2) is 0 Å². The van der Waals surface area contributed by atoms with Gasteiger partial charge in [-0.2, -0.15) is 5.10 Å². The normalized spacial score (nSPS) is 22.8. The van der Waals surface area contributed by atoms with Crippen molar-refractivity contribution >= 4 is 29.1 Å². The zero-order valence-corrected chi connectivity index (χ0v) is 16.8. The van der Waals surface area contributed by atoms with Crippen molar-refractivity contribution in [2.24, 2.45) is 5.10 Å². The highest BCUT2D eigenvalue weighted by Gasteiger charge is 2.58. The van der Waals surface area contributed by atoms with Crippen LogP contribution in [0, 0.1) is 10.1 Å². The van der Waals surface area contributed by atoms with E-state index in [0.717, 1.165) is 10.5 Å². The summed E-state index contributed by atoms with van der Waals surface area (Å²) in [6.07, 6.45) is 0. The van der Waals surface area contributed by atoms with Crippen LogP contribution in [0.4, 0.5) is 5.88 Å². The number of furan rings is 1. The Labute approximate surface area is 176 Å². The predicted octanol–water partition coefficient (Wildman–Crippen LogP) is 4.35. The van der Waals surface area contributed by atoms with Gasteiger partial charge in [0.1, 0.15) is 16.2 Å². The van der Waals surface area contributed by atoms with Crippen molar-refractivity contribution in [2.45, 2.75) is 16.4 Å². The summed E-state index contributed by atoms with van der Waals surface area (Å²) < 4.78 is 5.49. The van der Waals surface area contributed by atoms with E-state index in [1.165, 1.54) is 6.07 Å². The second kappa shape index (κ2) is 6.84. The van der Waals surface area contributed by atoms with Crippen LogP contribution in [0.15, 0.2) is 81.1 Å². The van der Waals surface area contributed by atoms with Gasteiger partial charge in [0.2, 0.25) is 0 Å². The molecule has 0 N–H and O–H groups in total. The zero-order chi connectivity index (χ0) is 20.9. The molecule has 2 aromatic carbocycles. The summed E-state index contributed by atoms with van der Waals surface area (Å²) in [4.78, 5) is 25.4. The van der Waals surface area contributed by atoms with Crippen molar-refractivity contribution in [3.8, 4) is 0 Å². The highest BCUT2D eigenvalue weighted by molar-refractivity contribution is 7.99. The van der Waals surface area contributed by atoms with Gasteiger partial charge in [-0.15, -0.1) is 11.8 Å². The average molecular weight is 419 g/mol. The average Bonchev–Trinajstić information content (AvgIpc) is 3.36. The van der Waals surface area contributed by atoms with E-state index in [4.69, 9.17) is 4.42 Å².